The monoisotopic (exact) mass is 267 g/mol. The molecule has 0 saturated heterocycles. The minimum Gasteiger partial charge on any atom is -0.481 e. The van der Waals surface area contributed by atoms with Gasteiger partial charge in [-0.05, 0) is 38.0 Å². The molecule has 1 amide bonds. The molecule has 2 rings (SSSR count). The summed E-state index contributed by atoms with van der Waals surface area (Å²) < 4.78 is 0. The lowest BCUT2D eigenvalue weighted by molar-refractivity contribution is -0.144. The summed E-state index contributed by atoms with van der Waals surface area (Å²) in [4.78, 5) is 23.3. The number of nitrogens with one attached hydrogen (secondary N) is 1. The van der Waals surface area contributed by atoms with Gasteiger partial charge in [0.15, 0.2) is 0 Å². The van der Waals surface area contributed by atoms with Crippen molar-refractivity contribution in [1.82, 2.24) is 5.32 Å². The lowest BCUT2D eigenvalue weighted by atomic mass is 9.81. The van der Waals surface area contributed by atoms with E-state index in [4.69, 9.17) is 5.11 Å². The molecular formula is C15H25NO3. The molecule has 0 heterocycles. The maximum Gasteiger partial charge on any atom is 0.306 e. The molecule has 2 N–H and O–H groups in total. The molecule has 0 aliphatic heterocycles. The number of hydrogen-bond acceptors (Lipinski definition) is 2. The van der Waals surface area contributed by atoms with Crippen LogP contribution < -0.4 is 5.32 Å². The highest BCUT2D eigenvalue weighted by Crippen LogP contribution is 2.34. The van der Waals surface area contributed by atoms with Gasteiger partial charge in [-0.2, -0.15) is 0 Å². The third-order valence-electron chi connectivity index (χ3n) is 4.55. The van der Waals surface area contributed by atoms with Crippen LogP contribution >= 0.6 is 0 Å². The van der Waals surface area contributed by atoms with E-state index in [9.17, 15) is 9.59 Å². The van der Waals surface area contributed by atoms with Crippen LogP contribution in [0.1, 0.15) is 58.3 Å². The maximum atomic E-state index is 12.2. The topological polar surface area (TPSA) is 66.4 Å². The average molecular weight is 267 g/mol. The quantitative estimate of drug-likeness (QED) is 0.777. The molecule has 19 heavy (non-hydrogen) atoms. The van der Waals surface area contributed by atoms with Crippen LogP contribution in [0.2, 0.25) is 0 Å². The SMILES string of the molecule is CCC(CC1CC1)NC(=O)C1CCCC(C(=O)O)C1. The van der Waals surface area contributed by atoms with E-state index in [2.05, 4.69) is 12.2 Å². The van der Waals surface area contributed by atoms with Gasteiger partial charge in [-0.15, -0.1) is 0 Å². The first-order valence-corrected chi connectivity index (χ1v) is 7.63. The molecule has 0 bridgehead atoms. The van der Waals surface area contributed by atoms with Gasteiger partial charge in [0.2, 0.25) is 5.91 Å². The Morgan fingerprint density at radius 1 is 1.21 bits per heavy atom. The number of amides is 1. The first kappa shape index (κ1) is 14.4. The Hall–Kier alpha value is -1.06. The number of aliphatic carboxylic acids is 1. The van der Waals surface area contributed by atoms with Crippen molar-refractivity contribution < 1.29 is 14.7 Å². The van der Waals surface area contributed by atoms with Gasteiger partial charge in [-0.25, -0.2) is 0 Å². The molecule has 0 spiro atoms. The van der Waals surface area contributed by atoms with Crippen molar-refractivity contribution in [2.75, 3.05) is 0 Å². The van der Waals surface area contributed by atoms with Gasteiger partial charge in [-0.3, -0.25) is 9.59 Å². The first-order valence-electron chi connectivity index (χ1n) is 7.63. The van der Waals surface area contributed by atoms with Crippen molar-refractivity contribution in [3.63, 3.8) is 0 Å². The molecule has 2 aliphatic rings. The highest BCUT2D eigenvalue weighted by molar-refractivity contribution is 5.80. The molecule has 0 aromatic rings. The van der Waals surface area contributed by atoms with E-state index in [-0.39, 0.29) is 23.8 Å². The molecular weight excluding hydrogens is 242 g/mol. The van der Waals surface area contributed by atoms with Crippen LogP contribution in [0.15, 0.2) is 0 Å². The molecule has 2 saturated carbocycles. The Labute approximate surface area is 115 Å². The third kappa shape index (κ3) is 4.22. The molecule has 2 aliphatic carbocycles. The summed E-state index contributed by atoms with van der Waals surface area (Å²) in [5.41, 5.74) is 0. The molecule has 2 fully saturated rings. The van der Waals surface area contributed by atoms with Gasteiger partial charge < -0.3 is 10.4 Å². The van der Waals surface area contributed by atoms with Gasteiger partial charge >= 0.3 is 5.97 Å². The van der Waals surface area contributed by atoms with E-state index in [0.29, 0.717) is 6.42 Å². The summed E-state index contributed by atoms with van der Waals surface area (Å²) in [5.74, 6) is -0.277. The molecule has 3 atom stereocenters. The van der Waals surface area contributed by atoms with Crippen molar-refractivity contribution in [3.05, 3.63) is 0 Å². The van der Waals surface area contributed by atoms with Crippen molar-refractivity contribution in [2.24, 2.45) is 17.8 Å². The van der Waals surface area contributed by atoms with Crippen LogP contribution in [-0.4, -0.2) is 23.0 Å². The number of rotatable bonds is 6. The minimum atomic E-state index is -0.748. The Bertz CT molecular complexity index is 338. The fourth-order valence-corrected chi connectivity index (χ4v) is 3.05. The van der Waals surface area contributed by atoms with Crippen molar-refractivity contribution >= 4 is 11.9 Å². The van der Waals surface area contributed by atoms with Crippen LogP contribution in [0, 0.1) is 17.8 Å². The van der Waals surface area contributed by atoms with Gasteiger partial charge in [0, 0.05) is 12.0 Å². The highest BCUT2D eigenvalue weighted by Gasteiger charge is 2.32. The fourth-order valence-electron chi connectivity index (χ4n) is 3.05. The van der Waals surface area contributed by atoms with E-state index in [0.717, 1.165) is 38.0 Å². The predicted octanol–water partition coefficient (Wildman–Crippen LogP) is 2.57. The van der Waals surface area contributed by atoms with Gasteiger partial charge in [0.25, 0.3) is 0 Å². The molecule has 0 radical (unpaired) electrons. The van der Waals surface area contributed by atoms with E-state index in [1.54, 1.807) is 0 Å². The van der Waals surface area contributed by atoms with Crippen molar-refractivity contribution in [1.29, 1.82) is 0 Å². The zero-order valence-electron chi connectivity index (χ0n) is 11.7. The summed E-state index contributed by atoms with van der Waals surface area (Å²) in [6, 6.07) is 0.283. The second-order valence-corrected chi connectivity index (χ2v) is 6.19. The molecule has 0 aromatic heterocycles. The second kappa shape index (κ2) is 6.40. The Morgan fingerprint density at radius 3 is 2.47 bits per heavy atom. The molecule has 0 aromatic carbocycles. The zero-order valence-corrected chi connectivity index (χ0v) is 11.7. The van der Waals surface area contributed by atoms with Crippen molar-refractivity contribution in [2.45, 2.75) is 64.3 Å². The summed E-state index contributed by atoms with van der Waals surface area (Å²) >= 11 is 0. The predicted molar refractivity (Wildman–Crippen MR) is 72.6 cm³/mol. The number of carboxylic acids is 1. The molecule has 4 nitrogen and oxygen atoms in total. The lowest BCUT2D eigenvalue weighted by Crippen LogP contribution is -2.41. The standard InChI is InChI=1S/C15H25NO3/c1-2-13(8-10-6-7-10)16-14(17)11-4-3-5-12(9-11)15(18)19/h10-13H,2-9H2,1H3,(H,16,17)(H,18,19). The highest BCUT2D eigenvalue weighted by atomic mass is 16.4. The van der Waals surface area contributed by atoms with Crippen LogP contribution in [-0.2, 0) is 9.59 Å². The van der Waals surface area contributed by atoms with Crippen LogP contribution in [0.5, 0.6) is 0 Å². The Balaban J connectivity index is 1.81. The summed E-state index contributed by atoms with van der Waals surface area (Å²) in [7, 11) is 0. The first-order chi connectivity index (χ1) is 9.10. The lowest BCUT2D eigenvalue weighted by Gasteiger charge is -2.27. The van der Waals surface area contributed by atoms with Crippen LogP contribution in [0.3, 0.4) is 0 Å². The molecule has 108 valence electrons. The smallest absolute Gasteiger partial charge is 0.306 e. The number of carbonyl (C=O) groups is 2. The zero-order chi connectivity index (χ0) is 13.8. The minimum absolute atomic E-state index is 0.0819. The second-order valence-electron chi connectivity index (χ2n) is 6.19. The van der Waals surface area contributed by atoms with Gasteiger partial charge in [0.1, 0.15) is 0 Å². The summed E-state index contributed by atoms with van der Waals surface area (Å²) in [6.07, 6.45) is 7.60. The maximum absolute atomic E-state index is 12.2. The summed E-state index contributed by atoms with van der Waals surface area (Å²) in [5, 5.41) is 12.2. The molecule has 3 unspecified atom stereocenters. The van der Waals surface area contributed by atoms with Gasteiger partial charge in [-0.1, -0.05) is 26.2 Å². The Kier molecular flexibility index (Phi) is 4.83. The van der Waals surface area contributed by atoms with Gasteiger partial charge in [0.05, 0.1) is 5.92 Å². The van der Waals surface area contributed by atoms with Crippen LogP contribution in [0.25, 0.3) is 0 Å². The van der Waals surface area contributed by atoms with Crippen LogP contribution in [0.4, 0.5) is 0 Å². The number of carbonyl (C=O) groups excluding carboxylic acids is 1. The largest absolute Gasteiger partial charge is 0.481 e. The number of carboxylic acid groups (broad SMARTS) is 1. The third-order valence-corrected chi connectivity index (χ3v) is 4.55. The molecule has 4 heteroatoms. The summed E-state index contributed by atoms with van der Waals surface area (Å²) in [6.45, 7) is 2.11. The fraction of sp³-hybridized carbons (Fsp3) is 0.867. The van der Waals surface area contributed by atoms with E-state index >= 15 is 0 Å². The van der Waals surface area contributed by atoms with E-state index < -0.39 is 5.97 Å². The normalized spacial score (nSPS) is 28.7. The average Bonchev–Trinajstić information content (AvgIpc) is 3.22. The van der Waals surface area contributed by atoms with E-state index in [1.807, 2.05) is 0 Å². The van der Waals surface area contributed by atoms with E-state index in [1.165, 1.54) is 12.8 Å². The Morgan fingerprint density at radius 2 is 1.89 bits per heavy atom. The van der Waals surface area contributed by atoms with Crippen molar-refractivity contribution in [3.8, 4) is 0 Å². The number of hydrogen-bond donors (Lipinski definition) is 2.